The van der Waals surface area contributed by atoms with Crippen molar-refractivity contribution in [2.24, 2.45) is 0 Å². The molecule has 0 fully saturated rings. The Bertz CT molecular complexity index is 423. The van der Waals surface area contributed by atoms with E-state index < -0.39 is 0 Å². The summed E-state index contributed by atoms with van der Waals surface area (Å²) in [6.07, 6.45) is 3.96. The van der Waals surface area contributed by atoms with Crippen LogP contribution >= 0.6 is 11.8 Å². The van der Waals surface area contributed by atoms with E-state index in [2.05, 4.69) is 47.6 Å². The highest BCUT2D eigenvalue weighted by Gasteiger charge is 1.96. The Balaban J connectivity index is 1.96. The van der Waals surface area contributed by atoms with E-state index in [1.165, 1.54) is 16.1 Å². The van der Waals surface area contributed by atoms with E-state index in [1.807, 2.05) is 24.2 Å². The fourth-order valence-electron chi connectivity index (χ4n) is 1.54. The number of aromatic amines is 1. The van der Waals surface area contributed by atoms with Gasteiger partial charge in [0.1, 0.15) is 0 Å². The van der Waals surface area contributed by atoms with Crippen molar-refractivity contribution in [3.05, 3.63) is 48.3 Å². The predicted molar refractivity (Wildman–Crippen MR) is 71.0 cm³/mol. The summed E-state index contributed by atoms with van der Waals surface area (Å²) >= 11 is 1.87. The van der Waals surface area contributed by atoms with Crippen LogP contribution < -0.4 is 5.32 Å². The largest absolute Gasteiger partial charge is 0.381 e. The van der Waals surface area contributed by atoms with Crippen LogP contribution in [0.2, 0.25) is 0 Å². The molecule has 2 aromatic rings. The molecule has 0 atom stereocenters. The number of anilines is 1. The first-order chi connectivity index (χ1) is 7.88. The fourth-order valence-corrected chi connectivity index (χ4v) is 2.25. The number of benzene rings is 1. The molecule has 0 saturated heterocycles. The zero-order valence-electron chi connectivity index (χ0n) is 9.36. The van der Waals surface area contributed by atoms with Crippen LogP contribution in [0, 0.1) is 0 Å². The molecule has 0 radical (unpaired) electrons. The number of thioether (sulfide) groups is 1. The van der Waals surface area contributed by atoms with Gasteiger partial charge >= 0.3 is 0 Å². The van der Waals surface area contributed by atoms with Gasteiger partial charge in [0, 0.05) is 29.5 Å². The third-order valence-corrected chi connectivity index (χ3v) is 3.18. The van der Waals surface area contributed by atoms with Crippen molar-refractivity contribution in [3.63, 3.8) is 0 Å². The topological polar surface area (TPSA) is 27.8 Å². The fraction of sp³-hybridized carbons (Fsp3) is 0.231. The Kier molecular flexibility index (Phi) is 3.94. The molecule has 2 rings (SSSR count). The van der Waals surface area contributed by atoms with Gasteiger partial charge in [-0.15, -0.1) is 11.8 Å². The highest BCUT2D eigenvalue weighted by atomic mass is 32.2. The van der Waals surface area contributed by atoms with Gasteiger partial charge < -0.3 is 10.3 Å². The number of H-pyrrole nitrogens is 1. The number of hydrogen-bond donors (Lipinski definition) is 2. The first kappa shape index (κ1) is 11.1. The van der Waals surface area contributed by atoms with Crippen molar-refractivity contribution < 1.29 is 0 Å². The molecule has 0 amide bonds. The van der Waals surface area contributed by atoms with Gasteiger partial charge in [-0.1, -0.05) is 13.0 Å². The SMILES string of the molecule is CCSc1cccc(NCc2cc[nH]c2)c1. The van der Waals surface area contributed by atoms with Crippen molar-refractivity contribution in [2.45, 2.75) is 18.4 Å². The van der Waals surface area contributed by atoms with Crippen molar-refractivity contribution >= 4 is 17.4 Å². The smallest absolute Gasteiger partial charge is 0.0415 e. The zero-order chi connectivity index (χ0) is 11.2. The van der Waals surface area contributed by atoms with Crippen molar-refractivity contribution in [1.29, 1.82) is 0 Å². The lowest BCUT2D eigenvalue weighted by molar-refractivity contribution is 1.15. The van der Waals surface area contributed by atoms with Gasteiger partial charge in [0.05, 0.1) is 0 Å². The van der Waals surface area contributed by atoms with Gasteiger partial charge in [0.25, 0.3) is 0 Å². The second-order valence-electron chi connectivity index (χ2n) is 3.53. The Hall–Kier alpha value is -1.35. The highest BCUT2D eigenvalue weighted by Crippen LogP contribution is 2.21. The molecule has 0 aliphatic heterocycles. The molecule has 2 N–H and O–H groups in total. The van der Waals surface area contributed by atoms with Gasteiger partial charge in [-0.05, 0) is 35.6 Å². The van der Waals surface area contributed by atoms with Gasteiger partial charge in [-0.25, -0.2) is 0 Å². The van der Waals surface area contributed by atoms with E-state index in [0.29, 0.717) is 0 Å². The zero-order valence-corrected chi connectivity index (χ0v) is 10.2. The van der Waals surface area contributed by atoms with E-state index in [9.17, 15) is 0 Å². The van der Waals surface area contributed by atoms with Crippen molar-refractivity contribution in [1.82, 2.24) is 4.98 Å². The van der Waals surface area contributed by atoms with E-state index in [4.69, 9.17) is 0 Å². The molecule has 0 unspecified atom stereocenters. The molecule has 0 aliphatic carbocycles. The van der Waals surface area contributed by atoms with Gasteiger partial charge in [0.2, 0.25) is 0 Å². The van der Waals surface area contributed by atoms with Gasteiger partial charge in [-0.3, -0.25) is 0 Å². The average molecular weight is 232 g/mol. The summed E-state index contributed by atoms with van der Waals surface area (Å²) in [6, 6.07) is 10.6. The van der Waals surface area contributed by atoms with Crippen LogP contribution in [-0.2, 0) is 6.54 Å². The summed E-state index contributed by atoms with van der Waals surface area (Å²) in [4.78, 5) is 4.37. The molecule has 84 valence electrons. The molecule has 3 heteroatoms. The quantitative estimate of drug-likeness (QED) is 0.769. The standard InChI is InChI=1S/C13H16N2S/c1-2-16-13-5-3-4-12(8-13)15-10-11-6-7-14-9-11/h3-9,14-15H,2,10H2,1H3. The van der Waals surface area contributed by atoms with Crippen LogP contribution in [0.1, 0.15) is 12.5 Å². The highest BCUT2D eigenvalue weighted by molar-refractivity contribution is 7.99. The third kappa shape index (κ3) is 3.07. The van der Waals surface area contributed by atoms with E-state index in [-0.39, 0.29) is 0 Å². The second kappa shape index (κ2) is 5.66. The number of nitrogens with one attached hydrogen (secondary N) is 2. The molecule has 0 saturated carbocycles. The maximum absolute atomic E-state index is 3.41. The molecule has 1 heterocycles. The van der Waals surface area contributed by atoms with Gasteiger partial charge in [-0.2, -0.15) is 0 Å². The number of aromatic nitrogens is 1. The molecule has 0 bridgehead atoms. The Morgan fingerprint density at radius 1 is 1.31 bits per heavy atom. The van der Waals surface area contributed by atoms with Crippen LogP contribution in [0.4, 0.5) is 5.69 Å². The minimum Gasteiger partial charge on any atom is -0.381 e. The van der Waals surface area contributed by atoms with Crippen LogP contribution in [0.3, 0.4) is 0 Å². The maximum Gasteiger partial charge on any atom is 0.0415 e. The monoisotopic (exact) mass is 232 g/mol. The second-order valence-corrected chi connectivity index (χ2v) is 4.87. The third-order valence-electron chi connectivity index (χ3n) is 2.30. The van der Waals surface area contributed by atoms with E-state index in [0.717, 1.165) is 12.3 Å². The summed E-state index contributed by atoms with van der Waals surface area (Å²) in [5, 5.41) is 3.41. The normalized spacial score (nSPS) is 10.3. The Labute approximate surface area is 100 Å². The van der Waals surface area contributed by atoms with Crippen LogP contribution in [0.15, 0.2) is 47.6 Å². The summed E-state index contributed by atoms with van der Waals surface area (Å²) < 4.78 is 0. The van der Waals surface area contributed by atoms with Crippen molar-refractivity contribution in [2.75, 3.05) is 11.1 Å². The first-order valence-electron chi connectivity index (χ1n) is 5.47. The molecule has 0 aliphatic rings. The Morgan fingerprint density at radius 2 is 2.25 bits per heavy atom. The molecule has 2 nitrogen and oxygen atoms in total. The van der Waals surface area contributed by atoms with E-state index >= 15 is 0 Å². The predicted octanol–water partition coefficient (Wildman–Crippen LogP) is 3.74. The summed E-state index contributed by atoms with van der Waals surface area (Å²) in [7, 11) is 0. The maximum atomic E-state index is 3.41. The van der Waals surface area contributed by atoms with Crippen LogP contribution in [0.5, 0.6) is 0 Å². The summed E-state index contributed by atoms with van der Waals surface area (Å²) in [5.41, 5.74) is 2.45. The minimum absolute atomic E-state index is 0.865. The molecule has 0 spiro atoms. The van der Waals surface area contributed by atoms with E-state index in [1.54, 1.807) is 0 Å². The molecule has 1 aromatic heterocycles. The van der Waals surface area contributed by atoms with Crippen LogP contribution in [0.25, 0.3) is 0 Å². The van der Waals surface area contributed by atoms with Crippen molar-refractivity contribution in [3.8, 4) is 0 Å². The lowest BCUT2D eigenvalue weighted by Gasteiger charge is -2.06. The average Bonchev–Trinajstić information content (AvgIpc) is 2.80. The summed E-state index contributed by atoms with van der Waals surface area (Å²) in [5.74, 6) is 1.11. The summed E-state index contributed by atoms with van der Waals surface area (Å²) in [6.45, 7) is 3.04. The number of rotatable bonds is 5. The Morgan fingerprint density at radius 3 is 3.00 bits per heavy atom. The first-order valence-corrected chi connectivity index (χ1v) is 6.45. The molecule has 1 aromatic carbocycles. The molecule has 16 heavy (non-hydrogen) atoms. The molecular formula is C13H16N2S. The van der Waals surface area contributed by atoms with Crippen LogP contribution in [-0.4, -0.2) is 10.7 Å². The lowest BCUT2D eigenvalue weighted by Crippen LogP contribution is -1.97. The lowest BCUT2D eigenvalue weighted by atomic mass is 10.3. The minimum atomic E-state index is 0.865. The molecular weight excluding hydrogens is 216 g/mol. The van der Waals surface area contributed by atoms with Gasteiger partial charge in [0.15, 0.2) is 0 Å². The number of hydrogen-bond acceptors (Lipinski definition) is 2.